The van der Waals surface area contributed by atoms with E-state index in [0.29, 0.717) is 18.8 Å². The number of benzene rings is 1. The first-order valence-electron chi connectivity index (χ1n) is 6.03. The second-order valence-corrected chi connectivity index (χ2v) is 4.65. The van der Waals surface area contributed by atoms with E-state index in [-0.39, 0.29) is 24.2 Å². The van der Waals surface area contributed by atoms with E-state index in [4.69, 9.17) is 0 Å². The molecule has 5 heteroatoms. The van der Waals surface area contributed by atoms with Crippen LogP contribution in [-0.2, 0) is 4.79 Å². The summed E-state index contributed by atoms with van der Waals surface area (Å²) in [5.41, 5.74) is 0.362. The minimum absolute atomic E-state index is 0.199. The summed E-state index contributed by atoms with van der Waals surface area (Å²) in [4.78, 5) is 13.5. The second kappa shape index (κ2) is 5.35. The summed E-state index contributed by atoms with van der Waals surface area (Å²) in [6.45, 7) is 2.73. The topological polar surface area (TPSA) is 52.6 Å². The average Bonchev–Trinajstić information content (AvgIpc) is 2.50. The molecule has 2 rings (SSSR count). The molecule has 1 amide bonds. The molecule has 0 aromatic heterocycles. The number of carbonyl (C=O) groups excluding carboxylic acids is 1. The summed E-state index contributed by atoms with van der Waals surface area (Å²) in [5.74, 6) is -0.437. The van der Waals surface area contributed by atoms with Gasteiger partial charge in [0.15, 0.2) is 0 Å². The van der Waals surface area contributed by atoms with E-state index in [1.807, 2.05) is 6.92 Å². The van der Waals surface area contributed by atoms with E-state index in [0.717, 1.165) is 0 Å². The van der Waals surface area contributed by atoms with Crippen LogP contribution in [0.5, 0.6) is 0 Å². The van der Waals surface area contributed by atoms with Gasteiger partial charge < -0.3 is 15.3 Å². The third kappa shape index (κ3) is 2.46. The van der Waals surface area contributed by atoms with Gasteiger partial charge in [0.1, 0.15) is 11.9 Å². The van der Waals surface area contributed by atoms with Crippen LogP contribution >= 0.6 is 0 Å². The molecule has 2 atom stereocenters. The molecule has 1 aromatic carbocycles. The number of halogens is 1. The van der Waals surface area contributed by atoms with E-state index in [1.165, 1.54) is 6.07 Å². The van der Waals surface area contributed by atoms with Crippen LogP contribution < -0.4 is 10.2 Å². The van der Waals surface area contributed by atoms with Gasteiger partial charge in [-0.3, -0.25) is 4.79 Å². The molecule has 1 aromatic rings. The van der Waals surface area contributed by atoms with Crippen molar-refractivity contribution < 1.29 is 14.3 Å². The van der Waals surface area contributed by atoms with Crippen LogP contribution in [-0.4, -0.2) is 36.8 Å². The Kier molecular flexibility index (Phi) is 3.81. The molecule has 1 saturated heterocycles. The summed E-state index contributed by atoms with van der Waals surface area (Å²) >= 11 is 0. The molecule has 1 fully saturated rings. The van der Waals surface area contributed by atoms with Gasteiger partial charge in [-0.1, -0.05) is 19.1 Å². The van der Waals surface area contributed by atoms with Gasteiger partial charge in [0.2, 0.25) is 5.91 Å². The summed E-state index contributed by atoms with van der Waals surface area (Å²) in [6.07, 6.45) is 0. The average molecular weight is 252 g/mol. The number of carbonyl (C=O) groups is 1. The largest absolute Gasteiger partial charge is 0.394 e. The molecule has 1 heterocycles. The lowest BCUT2D eigenvalue weighted by atomic mass is 10.1. The Morgan fingerprint density at radius 1 is 1.50 bits per heavy atom. The molecule has 18 heavy (non-hydrogen) atoms. The number of anilines is 1. The highest BCUT2D eigenvalue weighted by Gasteiger charge is 2.31. The van der Waals surface area contributed by atoms with Crippen molar-refractivity contribution in [2.45, 2.75) is 13.0 Å². The molecule has 0 bridgehead atoms. The highest BCUT2D eigenvalue weighted by molar-refractivity contribution is 5.86. The molecule has 2 unspecified atom stereocenters. The first-order valence-corrected chi connectivity index (χ1v) is 6.03. The lowest BCUT2D eigenvalue weighted by molar-refractivity contribution is -0.122. The van der Waals surface area contributed by atoms with Crippen molar-refractivity contribution in [3.05, 3.63) is 30.1 Å². The molecule has 0 saturated carbocycles. The Balaban J connectivity index is 2.37. The van der Waals surface area contributed by atoms with Gasteiger partial charge in [-0.25, -0.2) is 4.39 Å². The molecule has 98 valence electrons. The zero-order valence-electron chi connectivity index (χ0n) is 10.3. The standard InChI is InChI=1S/C13H17FN2O2/c1-9-6-15-13(18)12(8-17)16(7-9)11-5-3-2-4-10(11)14/h2-5,9,12,17H,6-8H2,1H3,(H,15,18). The van der Waals surface area contributed by atoms with E-state index < -0.39 is 6.04 Å². The molecular formula is C13H17FN2O2. The Labute approximate surface area is 105 Å². The fourth-order valence-corrected chi connectivity index (χ4v) is 2.19. The highest BCUT2D eigenvalue weighted by atomic mass is 19.1. The fraction of sp³-hybridized carbons (Fsp3) is 0.462. The smallest absolute Gasteiger partial charge is 0.245 e. The molecule has 4 nitrogen and oxygen atoms in total. The van der Waals surface area contributed by atoms with E-state index >= 15 is 0 Å². The molecular weight excluding hydrogens is 235 g/mol. The van der Waals surface area contributed by atoms with Crippen LogP contribution in [0.4, 0.5) is 10.1 Å². The molecule has 0 spiro atoms. The Morgan fingerprint density at radius 2 is 2.22 bits per heavy atom. The second-order valence-electron chi connectivity index (χ2n) is 4.65. The van der Waals surface area contributed by atoms with Gasteiger partial charge >= 0.3 is 0 Å². The molecule has 2 N–H and O–H groups in total. The number of amides is 1. The van der Waals surface area contributed by atoms with Crippen molar-refractivity contribution in [3.63, 3.8) is 0 Å². The molecule has 0 radical (unpaired) electrons. The zero-order chi connectivity index (χ0) is 13.1. The Hall–Kier alpha value is -1.62. The maximum atomic E-state index is 13.8. The van der Waals surface area contributed by atoms with Gasteiger partial charge in [0.05, 0.1) is 12.3 Å². The summed E-state index contributed by atoms with van der Waals surface area (Å²) in [6, 6.07) is 5.58. The lowest BCUT2D eigenvalue weighted by Crippen LogP contribution is -2.47. The predicted octanol–water partition coefficient (Wildman–Crippen LogP) is 0.759. The minimum atomic E-state index is -0.730. The van der Waals surface area contributed by atoms with Crippen LogP contribution in [0.1, 0.15) is 6.92 Å². The van der Waals surface area contributed by atoms with Crippen LogP contribution in [0.25, 0.3) is 0 Å². The van der Waals surface area contributed by atoms with Gasteiger partial charge in [-0.2, -0.15) is 0 Å². The zero-order valence-corrected chi connectivity index (χ0v) is 10.3. The van der Waals surface area contributed by atoms with Crippen molar-refractivity contribution in [2.24, 2.45) is 5.92 Å². The van der Waals surface area contributed by atoms with Crippen molar-refractivity contribution in [1.29, 1.82) is 0 Å². The molecule has 0 aliphatic carbocycles. The van der Waals surface area contributed by atoms with Crippen molar-refractivity contribution in [2.75, 3.05) is 24.6 Å². The van der Waals surface area contributed by atoms with E-state index in [2.05, 4.69) is 5.32 Å². The van der Waals surface area contributed by atoms with E-state index in [9.17, 15) is 14.3 Å². The van der Waals surface area contributed by atoms with Crippen molar-refractivity contribution >= 4 is 11.6 Å². The lowest BCUT2D eigenvalue weighted by Gasteiger charge is -2.30. The minimum Gasteiger partial charge on any atom is -0.394 e. The highest BCUT2D eigenvalue weighted by Crippen LogP contribution is 2.23. The molecule has 1 aliphatic rings. The first kappa shape index (κ1) is 12.8. The Morgan fingerprint density at radius 3 is 2.89 bits per heavy atom. The van der Waals surface area contributed by atoms with Crippen molar-refractivity contribution in [3.8, 4) is 0 Å². The summed E-state index contributed by atoms with van der Waals surface area (Å²) in [5, 5.41) is 12.1. The number of hydrogen-bond acceptors (Lipinski definition) is 3. The van der Waals surface area contributed by atoms with Crippen LogP contribution in [0.3, 0.4) is 0 Å². The third-order valence-corrected chi connectivity index (χ3v) is 3.15. The third-order valence-electron chi connectivity index (χ3n) is 3.15. The number of aliphatic hydroxyl groups excluding tert-OH is 1. The van der Waals surface area contributed by atoms with Gasteiger partial charge in [0.25, 0.3) is 0 Å². The number of rotatable bonds is 2. The number of aliphatic hydroxyl groups is 1. The van der Waals surface area contributed by atoms with E-state index in [1.54, 1.807) is 23.1 Å². The van der Waals surface area contributed by atoms with Gasteiger partial charge in [0, 0.05) is 13.1 Å². The normalized spacial score (nSPS) is 24.6. The number of hydrogen-bond donors (Lipinski definition) is 2. The summed E-state index contributed by atoms with van der Waals surface area (Å²) < 4.78 is 13.8. The van der Waals surface area contributed by atoms with Crippen LogP contribution in [0, 0.1) is 11.7 Å². The molecule has 1 aliphatic heterocycles. The Bertz CT molecular complexity index is 439. The first-order chi connectivity index (χ1) is 8.63. The maximum Gasteiger partial charge on any atom is 0.245 e. The van der Waals surface area contributed by atoms with Crippen LogP contribution in [0.15, 0.2) is 24.3 Å². The van der Waals surface area contributed by atoms with Crippen molar-refractivity contribution in [1.82, 2.24) is 5.32 Å². The number of nitrogens with zero attached hydrogens (tertiary/aromatic N) is 1. The maximum absolute atomic E-state index is 13.8. The van der Waals surface area contributed by atoms with Gasteiger partial charge in [-0.15, -0.1) is 0 Å². The number of para-hydroxylation sites is 1. The summed E-state index contributed by atoms with van der Waals surface area (Å²) in [7, 11) is 0. The fourth-order valence-electron chi connectivity index (χ4n) is 2.19. The SMILES string of the molecule is CC1CNC(=O)C(CO)N(c2ccccc2F)C1. The van der Waals surface area contributed by atoms with Gasteiger partial charge in [-0.05, 0) is 18.1 Å². The number of nitrogens with one attached hydrogen (secondary N) is 1. The quantitative estimate of drug-likeness (QED) is 0.817. The monoisotopic (exact) mass is 252 g/mol. The predicted molar refractivity (Wildman–Crippen MR) is 66.8 cm³/mol. The van der Waals surface area contributed by atoms with Crippen LogP contribution in [0.2, 0.25) is 0 Å².